The third-order valence-electron chi connectivity index (χ3n) is 4.95. The molecule has 0 radical (unpaired) electrons. The van der Waals surface area contributed by atoms with E-state index in [0.717, 1.165) is 17.4 Å². The third kappa shape index (κ3) is 2.91. The summed E-state index contributed by atoms with van der Waals surface area (Å²) in [4.78, 5) is 5.89. The van der Waals surface area contributed by atoms with Crippen LogP contribution in [0.5, 0.6) is 0 Å². The molecule has 4 nitrogen and oxygen atoms in total. The number of rotatable bonds is 4. The van der Waals surface area contributed by atoms with Crippen molar-refractivity contribution in [2.24, 2.45) is 0 Å². The maximum atomic E-state index is 14.3. The van der Waals surface area contributed by atoms with E-state index < -0.39 is 11.7 Å². The van der Waals surface area contributed by atoms with Crippen molar-refractivity contribution < 1.29 is 13.2 Å². The molecule has 1 aliphatic heterocycles. The van der Waals surface area contributed by atoms with Crippen molar-refractivity contribution in [3.05, 3.63) is 48.0 Å². The van der Waals surface area contributed by atoms with E-state index in [1.807, 2.05) is 6.07 Å². The first-order chi connectivity index (χ1) is 12.4. The molecule has 1 fully saturated rings. The van der Waals surface area contributed by atoms with Crippen LogP contribution in [0.3, 0.4) is 0 Å². The Balaban J connectivity index is 1.70. The van der Waals surface area contributed by atoms with Gasteiger partial charge in [0.1, 0.15) is 11.5 Å². The fourth-order valence-electron chi connectivity index (χ4n) is 3.13. The monoisotopic (exact) mass is 360 g/mol. The summed E-state index contributed by atoms with van der Waals surface area (Å²) in [7, 11) is 0. The van der Waals surface area contributed by atoms with Gasteiger partial charge in [0.05, 0.1) is 13.1 Å². The number of hydrogen-bond donors (Lipinski definition) is 0. The number of benzene rings is 1. The van der Waals surface area contributed by atoms with Crippen LogP contribution >= 0.6 is 0 Å². The van der Waals surface area contributed by atoms with Crippen LogP contribution in [0.25, 0.3) is 16.7 Å². The lowest BCUT2D eigenvalue weighted by molar-refractivity contribution is -0.0262. The molecule has 1 unspecified atom stereocenters. The van der Waals surface area contributed by atoms with E-state index in [2.05, 4.69) is 23.9 Å². The maximum Gasteiger partial charge on any atom is 0.282 e. The second-order valence-electron chi connectivity index (χ2n) is 6.91. The topological polar surface area (TPSA) is 34.0 Å². The highest BCUT2D eigenvalue weighted by Crippen LogP contribution is 2.33. The van der Waals surface area contributed by atoms with E-state index in [1.165, 1.54) is 21.7 Å². The Hall–Kier alpha value is -2.57. The number of alkyl halides is 2. The van der Waals surface area contributed by atoms with E-state index in [0.29, 0.717) is 17.3 Å². The molecule has 7 heteroatoms. The molecule has 1 atom stereocenters. The number of fused-ring (bicyclic) bond motifs is 1. The van der Waals surface area contributed by atoms with Gasteiger partial charge in [-0.3, -0.25) is 0 Å². The van der Waals surface area contributed by atoms with Crippen LogP contribution in [0.2, 0.25) is 0 Å². The van der Waals surface area contributed by atoms with E-state index >= 15 is 0 Å². The summed E-state index contributed by atoms with van der Waals surface area (Å²) >= 11 is 0. The standard InChI is InChI=1S/C19H19F3N4/c1-3-12(2)13-6-14-9-26(24-18(14)23-8-13)17-7-15(4-5-16(17)20)25-10-19(21,22)11-25/h4-9,12H,3,10-11H2,1-2H3. The van der Waals surface area contributed by atoms with Gasteiger partial charge in [0.25, 0.3) is 5.92 Å². The van der Waals surface area contributed by atoms with E-state index in [-0.39, 0.29) is 18.8 Å². The molecule has 3 heterocycles. The van der Waals surface area contributed by atoms with Gasteiger partial charge < -0.3 is 4.90 Å². The van der Waals surface area contributed by atoms with Crippen LogP contribution in [0.1, 0.15) is 31.7 Å². The van der Waals surface area contributed by atoms with Crippen LogP contribution in [0, 0.1) is 5.82 Å². The first-order valence-corrected chi connectivity index (χ1v) is 8.64. The quantitative estimate of drug-likeness (QED) is 0.686. The van der Waals surface area contributed by atoms with Crippen LogP contribution < -0.4 is 4.90 Å². The number of nitrogens with zero attached hydrogens (tertiary/aromatic N) is 4. The predicted octanol–water partition coefficient (Wildman–Crippen LogP) is 4.53. The zero-order chi connectivity index (χ0) is 18.5. The van der Waals surface area contributed by atoms with Gasteiger partial charge in [-0.25, -0.2) is 22.8 Å². The van der Waals surface area contributed by atoms with Gasteiger partial charge in [0.15, 0.2) is 5.65 Å². The van der Waals surface area contributed by atoms with Crippen LogP contribution in [0.4, 0.5) is 18.9 Å². The number of aromatic nitrogens is 3. The van der Waals surface area contributed by atoms with Gasteiger partial charge in [0, 0.05) is 23.5 Å². The van der Waals surface area contributed by atoms with Crippen molar-refractivity contribution in [3.63, 3.8) is 0 Å². The molecule has 4 rings (SSSR count). The Labute approximate surface area is 149 Å². The largest absolute Gasteiger partial charge is 0.359 e. The molecule has 3 aromatic rings. The highest BCUT2D eigenvalue weighted by atomic mass is 19.3. The average Bonchev–Trinajstić information content (AvgIpc) is 3.02. The Morgan fingerprint density at radius 2 is 2.00 bits per heavy atom. The summed E-state index contributed by atoms with van der Waals surface area (Å²) in [6, 6.07) is 6.35. The zero-order valence-corrected chi connectivity index (χ0v) is 14.6. The predicted molar refractivity (Wildman–Crippen MR) is 94.7 cm³/mol. The van der Waals surface area contributed by atoms with Crippen LogP contribution in [-0.2, 0) is 0 Å². The highest BCUT2D eigenvalue weighted by molar-refractivity contribution is 5.75. The van der Waals surface area contributed by atoms with Crippen molar-refractivity contribution in [2.75, 3.05) is 18.0 Å². The van der Waals surface area contributed by atoms with E-state index in [4.69, 9.17) is 0 Å². The summed E-state index contributed by atoms with van der Waals surface area (Å²) < 4.78 is 42.0. The maximum absolute atomic E-state index is 14.3. The average molecular weight is 360 g/mol. The highest BCUT2D eigenvalue weighted by Gasteiger charge is 2.44. The molecule has 0 amide bonds. The Morgan fingerprint density at radius 3 is 2.69 bits per heavy atom. The fourth-order valence-corrected chi connectivity index (χ4v) is 3.13. The molecule has 136 valence electrons. The molecule has 0 bridgehead atoms. The van der Waals surface area contributed by atoms with E-state index in [9.17, 15) is 13.2 Å². The van der Waals surface area contributed by atoms with Crippen LogP contribution in [0.15, 0.2) is 36.7 Å². The summed E-state index contributed by atoms with van der Waals surface area (Å²) in [6.45, 7) is 3.54. The van der Waals surface area contributed by atoms with Gasteiger partial charge in [-0.2, -0.15) is 0 Å². The van der Waals surface area contributed by atoms with Gasteiger partial charge in [-0.15, -0.1) is 5.10 Å². The van der Waals surface area contributed by atoms with Crippen molar-refractivity contribution in [1.82, 2.24) is 14.8 Å². The molecule has 1 saturated heterocycles. The molecule has 0 saturated carbocycles. The van der Waals surface area contributed by atoms with Gasteiger partial charge in [-0.1, -0.05) is 13.8 Å². The first-order valence-electron chi connectivity index (χ1n) is 8.64. The van der Waals surface area contributed by atoms with Crippen LogP contribution in [-0.4, -0.2) is 33.8 Å². The summed E-state index contributed by atoms with van der Waals surface area (Å²) in [5.41, 5.74) is 2.41. The second kappa shape index (κ2) is 6.00. The Morgan fingerprint density at radius 1 is 1.23 bits per heavy atom. The number of hydrogen-bond acceptors (Lipinski definition) is 3. The minimum atomic E-state index is -2.68. The SMILES string of the molecule is CCC(C)c1cnc2nn(-c3cc(N4CC(F)(F)C4)ccc3F)cc2c1. The molecule has 2 aromatic heterocycles. The summed E-state index contributed by atoms with van der Waals surface area (Å²) in [5.74, 6) is -2.76. The molecule has 1 aliphatic rings. The normalized spacial score (nSPS) is 17.3. The van der Waals surface area contributed by atoms with Crippen molar-refractivity contribution in [1.29, 1.82) is 0 Å². The Bertz CT molecular complexity index is 959. The minimum absolute atomic E-state index is 0.223. The Kier molecular flexibility index (Phi) is 3.89. The third-order valence-corrected chi connectivity index (χ3v) is 4.95. The van der Waals surface area contributed by atoms with Gasteiger partial charge in [0.2, 0.25) is 0 Å². The number of anilines is 1. The summed E-state index contributed by atoms with van der Waals surface area (Å²) in [6.07, 6.45) is 4.52. The van der Waals surface area contributed by atoms with Crippen molar-refractivity contribution >= 4 is 16.7 Å². The molecular weight excluding hydrogens is 341 g/mol. The molecule has 0 N–H and O–H groups in total. The van der Waals surface area contributed by atoms with Gasteiger partial charge >= 0.3 is 0 Å². The first kappa shape index (κ1) is 16.9. The smallest absolute Gasteiger partial charge is 0.282 e. The van der Waals surface area contributed by atoms with E-state index in [1.54, 1.807) is 18.5 Å². The summed E-state index contributed by atoms with van der Waals surface area (Å²) in [5, 5.41) is 5.16. The molecule has 0 spiro atoms. The molecule has 1 aromatic carbocycles. The lowest BCUT2D eigenvalue weighted by atomic mass is 10.0. The molecule has 26 heavy (non-hydrogen) atoms. The number of pyridine rings is 1. The van der Waals surface area contributed by atoms with Crippen molar-refractivity contribution in [3.8, 4) is 5.69 Å². The zero-order valence-electron chi connectivity index (χ0n) is 14.6. The minimum Gasteiger partial charge on any atom is -0.359 e. The molecule has 0 aliphatic carbocycles. The second-order valence-corrected chi connectivity index (χ2v) is 6.91. The lowest BCUT2D eigenvalue weighted by Gasteiger charge is -2.40. The van der Waals surface area contributed by atoms with Gasteiger partial charge in [-0.05, 0) is 42.2 Å². The van der Waals surface area contributed by atoms with Crippen molar-refractivity contribution in [2.45, 2.75) is 32.1 Å². The molecular formula is C19H19F3N4. The fraction of sp³-hybridized carbons (Fsp3) is 0.368. The number of halogens is 3. The lowest BCUT2D eigenvalue weighted by Crippen LogP contribution is -2.56.